The van der Waals surface area contributed by atoms with Crippen LogP contribution >= 0.6 is 7.14 Å². The molecule has 0 fully saturated rings. The Labute approximate surface area is 162 Å². The van der Waals surface area contributed by atoms with Gasteiger partial charge in [-0.3, -0.25) is 0 Å². The third kappa shape index (κ3) is 2.02. The van der Waals surface area contributed by atoms with Crippen LogP contribution in [0.15, 0.2) is 91.0 Å². The fourth-order valence-corrected chi connectivity index (χ4v) is 7.13. The maximum Gasteiger partial charge on any atom is 0.185 e. The van der Waals surface area contributed by atoms with Crippen molar-refractivity contribution in [2.45, 2.75) is 0 Å². The average Bonchev–Trinajstić information content (AvgIpc) is 2.74. The summed E-state index contributed by atoms with van der Waals surface area (Å²) >= 11 is 0. The second-order valence-electron chi connectivity index (χ2n) is 6.93. The van der Waals surface area contributed by atoms with Gasteiger partial charge in [-0.1, -0.05) is 54.6 Å². The third-order valence-electron chi connectivity index (χ3n) is 5.33. The molecule has 2 aliphatic rings. The van der Waals surface area contributed by atoms with Crippen molar-refractivity contribution < 1.29 is 14.0 Å². The van der Waals surface area contributed by atoms with E-state index in [1.807, 2.05) is 78.9 Å². The molecule has 4 aromatic carbocycles. The van der Waals surface area contributed by atoms with Gasteiger partial charge in [-0.2, -0.15) is 0 Å². The topological polar surface area (TPSA) is 35.5 Å². The first-order valence-electron chi connectivity index (χ1n) is 9.14. The van der Waals surface area contributed by atoms with Crippen LogP contribution in [0.25, 0.3) is 11.1 Å². The second kappa shape index (κ2) is 5.60. The molecule has 0 saturated carbocycles. The number of para-hydroxylation sites is 1. The molecule has 2 aliphatic heterocycles. The van der Waals surface area contributed by atoms with Gasteiger partial charge in [0.05, 0.1) is 10.6 Å². The summed E-state index contributed by atoms with van der Waals surface area (Å²) in [5, 5.41) is 2.11. The van der Waals surface area contributed by atoms with E-state index in [1.165, 1.54) is 0 Å². The molecule has 0 spiro atoms. The van der Waals surface area contributed by atoms with E-state index >= 15 is 0 Å². The van der Waals surface area contributed by atoms with Gasteiger partial charge in [-0.15, -0.1) is 0 Å². The van der Waals surface area contributed by atoms with Crippen molar-refractivity contribution in [1.29, 1.82) is 0 Å². The van der Waals surface area contributed by atoms with E-state index in [2.05, 4.69) is 12.1 Å². The van der Waals surface area contributed by atoms with Crippen LogP contribution in [0, 0.1) is 0 Å². The lowest BCUT2D eigenvalue weighted by Crippen LogP contribution is -2.35. The summed E-state index contributed by atoms with van der Waals surface area (Å²) in [4.78, 5) is 0. The van der Waals surface area contributed by atoms with E-state index in [1.54, 1.807) is 0 Å². The first kappa shape index (κ1) is 15.7. The van der Waals surface area contributed by atoms with E-state index in [0.717, 1.165) is 21.7 Å². The Bertz CT molecular complexity index is 1280. The first-order chi connectivity index (χ1) is 13.7. The molecular formula is C24H15O3P. The predicted molar refractivity (Wildman–Crippen MR) is 111 cm³/mol. The van der Waals surface area contributed by atoms with Crippen molar-refractivity contribution in [1.82, 2.24) is 0 Å². The zero-order valence-electron chi connectivity index (χ0n) is 14.8. The zero-order valence-corrected chi connectivity index (χ0v) is 15.7. The van der Waals surface area contributed by atoms with Crippen LogP contribution in [0.2, 0.25) is 0 Å². The summed E-state index contributed by atoms with van der Waals surface area (Å²) in [6.07, 6.45) is 0. The number of hydrogen-bond acceptors (Lipinski definition) is 3. The highest BCUT2D eigenvalue weighted by atomic mass is 31.2. The van der Waals surface area contributed by atoms with Gasteiger partial charge in [-0.05, 0) is 47.5 Å². The molecule has 0 bridgehead atoms. The Morgan fingerprint density at radius 2 is 1.18 bits per heavy atom. The molecule has 6 rings (SSSR count). The molecule has 0 N–H and O–H groups in total. The molecule has 1 atom stereocenters. The van der Waals surface area contributed by atoms with Crippen molar-refractivity contribution in [2.75, 3.05) is 0 Å². The van der Waals surface area contributed by atoms with E-state index in [4.69, 9.17) is 9.47 Å². The molecule has 28 heavy (non-hydrogen) atoms. The van der Waals surface area contributed by atoms with Gasteiger partial charge in [0.25, 0.3) is 0 Å². The lowest BCUT2D eigenvalue weighted by Gasteiger charge is -2.34. The molecule has 1 unspecified atom stereocenters. The maximum atomic E-state index is 14.8. The normalized spacial score (nSPS) is 18.1. The van der Waals surface area contributed by atoms with E-state index < -0.39 is 7.14 Å². The molecule has 2 heterocycles. The summed E-state index contributed by atoms with van der Waals surface area (Å²) in [6.45, 7) is 0. The van der Waals surface area contributed by atoms with Gasteiger partial charge in [0, 0.05) is 0 Å². The first-order valence-corrected chi connectivity index (χ1v) is 10.8. The molecule has 0 aromatic heterocycles. The van der Waals surface area contributed by atoms with Gasteiger partial charge in [-0.25, -0.2) is 0 Å². The molecule has 4 heteroatoms. The largest absolute Gasteiger partial charge is 0.456 e. The van der Waals surface area contributed by atoms with Crippen LogP contribution in [-0.2, 0) is 4.57 Å². The van der Waals surface area contributed by atoms with Crippen LogP contribution in [0.5, 0.6) is 23.0 Å². The van der Waals surface area contributed by atoms with Gasteiger partial charge in [0.15, 0.2) is 7.14 Å². The summed E-state index contributed by atoms with van der Waals surface area (Å²) < 4.78 is 27.0. The standard InChI is InChI=1S/C24H15O3P/c25-28-22-12-5-4-9-18(22)26-20-10-6-11-21(24(20)28)27-19-14-13-17(15-23(19)28)16-7-2-1-3-8-16/h1-15H. The number of hydrogen-bond donors (Lipinski definition) is 0. The average molecular weight is 382 g/mol. The Morgan fingerprint density at radius 1 is 0.536 bits per heavy atom. The van der Waals surface area contributed by atoms with E-state index in [0.29, 0.717) is 28.3 Å². The minimum absolute atomic E-state index is 0.607. The maximum absolute atomic E-state index is 14.8. The van der Waals surface area contributed by atoms with Crippen LogP contribution in [0.1, 0.15) is 0 Å². The third-order valence-corrected chi connectivity index (χ3v) is 8.47. The summed E-state index contributed by atoms with van der Waals surface area (Å²) in [5.74, 6) is 2.50. The molecule has 0 aliphatic carbocycles. The molecule has 134 valence electrons. The SMILES string of the molecule is O=P12c3ccccc3Oc3cccc(c31)Oc1ccc(-c3ccccc3)cc12. The van der Waals surface area contributed by atoms with Crippen molar-refractivity contribution in [3.8, 4) is 34.1 Å². The lowest BCUT2D eigenvalue weighted by molar-refractivity contribution is 0.461. The molecular weight excluding hydrogens is 367 g/mol. The minimum Gasteiger partial charge on any atom is -0.456 e. The summed E-state index contributed by atoms with van der Waals surface area (Å²) in [6, 6.07) is 29.2. The zero-order chi connectivity index (χ0) is 18.7. The predicted octanol–water partition coefficient (Wildman–Crippen LogP) is 5.20. The highest BCUT2D eigenvalue weighted by Gasteiger charge is 2.46. The van der Waals surface area contributed by atoms with Crippen molar-refractivity contribution >= 4 is 23.1 Å². The van der Waals surface area contributed by atoms with Crippen molar-refractivity contribution in [3.05, 3.63) is 91.0 Å². The second-order valence-corrected chi connectivity index (χ2v) is 9.56. The van der Waals surface area contributed by atoms with E-state index in [-0.39, 0.29) is 0 Å². The number of rotatable bonds is 1. The van der Waals surface area contributed by atoms with Gasteiger partial charge in [0.2, 0.25) is 0 Å². The van der Waals surface area contributed by atoms with Crippen molar-refractivity contribution in [3.63, 3.8) is 0 Å². The summed E-state index contributed by atoms with van der Waals surface area (Å²) in [5.41, 5.74) is 2.10. The molecule has 0 radical (unpaired) electrons. The quantitative estimate of drug-likeness (QED) is 0.367. The fourth-order valence-electron chi connectivity index (χ4n) is 4.05. The number of ether oxygens (including phenoxy) is 2. The smallest absolute Gasteiger partial charge is 0.185 e. The van der Waals surface area contributed by atoms with Crippen LogP contribution in [-0.4, -0.2) is 0 Å². The number of benzene rings is 4. The minimum atomic E-state index is -3.11. The van der Waals surface area contributed by atoms with Crippen LogP contribution in [0.3, 0.4) is 0 Å². The van der Waals surface area contributed by atoms with Gasteiger partial charge in [0.1, 0.15) is 28.3 Å². The van der Waals surface area contributed by atoms with Gasteiger partial charge < -0.3 is 14.0 Å². The Morgan fingerprint density at radius 3 is 1.96 bits per heavy atom. The Kier molecular flexibility index (Phi) is 3.15. The van der Waals surface area contributed by atoms with Crippen molar-refractivity contribution in [2.24, 2.45) is 0 Å². The number of fused-ring (bicyclic) bond motifs is 4. The monoisotopic (exact) mass is 382 g/mol. The Hall–Kier alpha value is -3.29. The van der Waals surface area contributed by atoms with E-state index in [9.17, 15) is 4.57 Å². The molecule has 4 aromatic rings. The summed E-state index contributed by atoms with van der Waals surface area (Å²) in [7, 11) is -3.11. The van der Waals surface area contributed by atoms with Crippen LogP contribution < -0.4 is 25.4 Å². The molecule has 3 nitrogen and oxygen atoms in total. The fraction of sp³-hybridized carbons (Fsp3) is 0. The highest BCUT2D eigenvalue weighted by molar-refractivity contribution is 7.86. The molecule has 0 amide bonds. The lowest BCUT2D eigenvalue weighted by atomic mass is 10.1. The van der Waals surface area contributed by atoms with Crippen LogP contribution in [0.4, 0.5) is 0 Å². The molecule has 0 saturated heterocycles. The van der Waals surface area contributed by atoms with Gasteiger partial charge >= 0.3 is 0 Å². The Balaban J connectivity index is 1.68. The highest BCUT2D eigenvalue weighted by Crippen LogP contribution is 2.58.